The third-order valence-electron chi connectivity index (χ3n) is 0.333. The number of hydrogen-bond donors (Lipinski definition) is 0. The Morgan fingerprint density at radius 1 is 1.00 bits per heavy atom. The maximum absolute atomic E-state index is 2.00. The number of hydrogen-bond acceptors (Lipinski definition) is 0. The second-order valence-corrected chi connectivity index (χ2v) is 0.667. The third kappa shape index (κ3) is 20.0. The minimum atomic E-state index is 0. The molecule has 1 heteroatoms. The van der Waals surface area contributed by atoms with Gasteiger partial charge in [0.2, 0.25) is 0 Å². The minimum Gasteiger partial charge on any atom is -0.0919 e. The Kier molecular flexibility index (Phi) is 43.8. The van der Waals surface area contributed by atoms with Crippen LogP contribution in [-0.2, 0) is 0 Å². The first-order valence-corrected chi connectivity index (χ1v) is 1.49. The first-order valence-electron chi connectivity index (χ1n) is 1.49. The van der Waals surface area contributed by atoms with Crippen molar-refractivity contribution in [2.24, 2.45) is 0 Å². The van der Waals surface area contributed by atoms with Crippen molar-refractivity contribution in [3.05, 3.63) is 12.2 Å². The fraction of sp³-hybridized carbons (Fsp3) is 0.600. The van der Waals surface area contributed by atoms with Crippen molar-refractivity contribution in [1.82, 2.24) is 0 Å². The Hall–Kier alpha value is 1.000. The van der Waals surface area contributed by atoms with Crippen molar-refractivity contribution < 1.29 is 37.7 Å². The van der Waals surface area contributed by atoms with E-state index in [1.807, 2.05) is 26.0 Å². The van der Waals surface area contributed by atoms with Gasteiger partial charge in [0.05, 0.1) is 0 Å². The van der Waals surface area contributed by atoms with E-state index in [2.05, 4.69) is 0 Å². The molecule has 0 aliphatic rings. The summed E-state index contributed by atoms with van der Waals surface area (Å²) in [6.07, 6.45) is 4.00. The van der Waals surface area contributed by atoms with E-state index in [4.69, 9.17) is 0 Å². The van der Waals surface area contributed by atoms with Crippen molar-refractivity contribution in [3.63, 3.8) is 0 Å². The van der Waals surface area contributed by atoms with Crippen molar-refractivity contribution in [1.29, 1.82) is 0 Å². The van der Waals surface area contributed by atoms with E-state index in [0.717, 1.165) is 0 Å². The van der Waals surface area contributed by atoms with Gasteiger partial charge in [-0.1, -0.05) is 19.6 Å². The maximum atomic E-state index is 2.00. The van der Waals surface area contributed by atoms with Gasteiger partial charge in [0.25, 0.3) is 0 Å². The number of rotatable bonds is 0. The Morgan fingerprint density at radius 2 is 1.17 bits per heavy atom. The van der Waals surface area contributed by atoms with Gasteiger partial charge in [0.1, 0.15) is 0 Å². The van der Waals surface area contributed by atoms with E-state index >= 15 is 0 Å². The fourth-order valence-corrected chi connectivity index (χ4v) is 0. The van der Waals surface area contributed by atoms with Crippen LogP contribution in [0.2, 0.25) is 0 Å². The topological polar surface area (TPSA) is 0 Å². The van der Waals surface area contributed by atoms with E-state index in [0.29, 0.717) is 0 Å². The van der Waals surface area contributed by atoms with E-state index < -0.39 is 0 Å². The van der Waals surface area contributed by atoms with Crippen LogP contribution in [0.4, 0.5) is 0 Å². The molecule has 0 radical (unpaired) electrons. The third-order valence-corrected chi connectivity index (χ3v) is 0.333. The van der Waals surface area contributed by atoms with Crippen LogP contribution >= 0.6 is 0 Å². The molecule has 6 heavy (non-hydrogen) atoms. The molecular formula is C5H12Ar. The second kappa shape index (κ2) is 16.7. The molecule has 0 aromatic carbocycles. The first kappa shape index (κ1) is 15.8. The van der Waals surface area contributed by atoms with Crippen LogP contribution in [-0.4, -0.2) is 0 Å². The Labute approximate surface area is 70.6 Å². The van der Waals surface area contributed by atoms with Gasteiger partial charge in [-0.2, -0.15) is 0 Å². The van der Waals surface area contributed by atoms with E-state index in [-0.39, 0.29) is 45.2 Å². The fourth-order valence-electron chi connectivity index (χ4n) is 0. The van der Waals surface area contributed by atoms with Gasteiger partial charge in [-0.25, -0.2) is 0 Å². The van der Waals surface area contributed by atoms with E-state index in [1.165, 1.54) is 0 Å². The molecule has 0 saturated heterocycles. The molecule has 0 unspecified atom stereocenters. The summed E-state index contributed by atoms with van der Waals surface area (Å²) in [5, 5.41) is 0. The zero-order valence-electron chi connectivity index (χ0n) is 3.51. The van der Waals surface area contributed by atoms with E-state index in [1.54, 1.807) is 0 Å². The summed E-state index contributed by atoms with van der Waals surface area (Å²) in [6, 6.07) is 0. The van der Waals surface area contributed by atoms with Gasteiger partial charge >= 0.3 is 0 Å². The summed E-state index contributed by atoms with van der Waals surface area (Å²) in [5.41, 5.74) is 0. The van der Waals surface area contributed by atoms with Gasteiger partial charge in [-0.15, -0.1) is 0 Å². The Bertz CT molecular complexity index is 19.1. The molecular weight excluding hydrogens is 100 g/mol. The summed E-state index contributed by atoms with van der Waals surface area (Å²) in [5.74, 6) is 0. The molecule has 0 fully saturated rings. The largest absolute Gasteiger partial charge is 0.0919 e. The van der Waals surface area contributed by atoms with Crippen LogP contribution in [0.25, 0.3) is 0 Å². The van der Waals surface area contributed by atoms with Crippen molar-refractivity contribution in [2.75, 3.05) is 0 Å². The predicted octanol–water partition coefficient (Wildman–Crippen LogP) is 2.22. The first-order chi connectivity index (χ1) is 1.91. The molecule has 0 bridgehead atoms. The van der Waals surface area contributed by atoms with Crippen LogP contribution in [0.15, 0.2) is 12.2 Å². The quantitative estimate of drug-likeness (QED) is 0.421. The number of allylic oxidation sites excluding steroid dienone is 2. The molecule has 0 amide bonds. The summed E-state index contributed by atoms with van der Waals surface area (Å²) >= 11 is 0. The van der Waals surface area contributed by atoms with E-state index in [9.17, 15) is 0 Å². The molecule has 0 atom stereocenters. The SMILES string of the molecule is C.C/C=C/C.[Ar]. The minimum absolute atomic E-state index is 0. The van der Waals surface area contributed by atoms with Crippen LogP contribution in [0.5, 0.6) is 0 Å². The molecule has 0 aromatic heterocycles. The van der Waals surface area contributed by atoms with Crippen molar-refractivity contribution in [2.45, 2.75) is 21.3 Å². The smallest absolute Gasteiger partial charge is 0 e. The van der Waals surface area contributed by atoms with Crippen LogP contribution < -0.4 is 0 Å². The molecule has 0 aliphatic carbocycles. The summed E-state index contributed by atoms with van der Waals surface area (Å²) in [4.78, 5) is 0. The standard InChI is InChI=1S/C4H8.CH4.Ar/c1-3-4-2;;/h3-4H,1-2H3;1H4;/b4-3+;;. The summed E-state index contributed by atoms with van der Waals surface area (Å²) in [7, 11) is 0. The van der Waals surface area contributed by atoms with Gasteiger partial charge in [0.15, 0.2) is 0 Å². The molecule has 0 N–H and O–H groups in total. The molecule has 0 heterocycles. The molecule has 40 valence electrons. The second-order valence-electron chi connectivity index (χ2n) is 0.667. The normalized spacial score (nSPS) is 6.33. The zero-order chi connectivity index (χ0) is 3.41. The molecule has 0 saturated carbocycles. The van der Waals surface area contributed by atoms with Crippen LogP contribution in [0.3, 0.4) is 0 Å². The average molecular weight is 112 g/mol. The summed E-state index contributed by atoms with van der Waals surface area (Å²) in [6.45, 7) is 4.00. The van der Waals surface area contributed by atoms with Crippen LogP contribution in [0, 0.1) is 37.7 Å². The average Bonchev–Trinajstić information content (AvgIpc) is 1.37. The molecule has 0 nitrogen and oxygen atoms in total. The zero-order valence-corrected chi connectivity index (χ0v) is 4.22. The van der Waals surface area contributed by atoms with Crippen molar-refractivity contribution in [3.8, 4) is 0 Å². The van der Waals surface area contributed by atoms with Gasteiger partial charge in [0, 0.05) is 37.7 Å². The molecule has 0 rings (SSSR count). The van der Waals surface area contributed by atoms with Gasteiger partial charge < -0.3 is 0 Å². The maximum Gasteiger partial charge on any atom is 0 e. The monoisotopic (exact) mass is 112 g/mol. The van der Waals surface area contributed by atoms with Gasteiger partial charge in [-0.05, 0) is 13.8 Å². The van der Waals surface area contributed by atoms with Crippen LogP contribution in [0.1, 0.15) is 21.3 Å². The predicted molar refractivity (Wildman–Crippen MR) is 27.2 cm³/mol. The van der Waals surface area contributed by atoms with Crippen molar-refractivity contribution >= 4 is 0 Å². The van der Waals surface area contributed by atoms with Gasteiger partial charge in [-0.3, -0.25) is 0 Å². The summed E-state index contributed by atoms with van der Waals surface area (Å²) < 4.78 is 0. The molecule has 0 spiro atoms. The molecule has 0 aliphatic heterocycles. The Morgan fingerprint density at radius 3 is 1.17 bits per heavy atom. The molecule has 0 aromatic rings. The Balaban J connectivity index is -0.0000000450.